The molecular formula is C31H35F2N7O. The van der Waals surface area contributed by atoms with Crippen LogP contribution in [-0.4, -0.2) is 69.6 Å². The zero-order valence-corrected chi connectivity index (χ0v) is 23.3. The van der Waals surface area contributed by atoms with Gasteiger partial charge in [-0.25, -0.2) is 18.3 Å². The largest absolute Gasteiger partial charge is 0.349 e. The fraction of sp³-hybridized carbons (Fsp3) is 0.387. The minimum Gasteiger partial charge on any atom is -0.349 e. The van der Waals surface area contributed by atoms with E-state index in [1.807, 2.05) is 35.2 Å². The third kappa shape index (κ3) is 5.94. The van der Waals surface area contributed by atoms with Gasteiger partial charge in [-0.3, -0.25) is 9.69 Å². The smallest absolute Gasteiger partial charge is 0.255 e. The Morgan fingerprint density at radius 3 is 2.56 bits per heavy atom. The van der Waals surface area contributed by atoms with Crippen LogP contribution in [0.25, 0.3) is 5.65 Å². The van der Waals surface area contributed by atoms with Gasteiger partial charge in [0.25, 0.3) is 5.91 Å². The van der Waals surface area contributed by atoms with E-state index in [4.69, 9.17) is 4.98 Å². The monoisotopic (exact) mass is 559 g/mol. The second-order valence-electron chi connectivity index (χ2n) is 10.9. The van der Waals surface area contributed by atoms with Crippen LogP contribution in [0.3, 0.4) is 0 Å². The summed E-state index contributed by atoms with van der Waals surface area (Å²) in [6.45, 7) is 9.24. The van der Waals surface area contributed by atoms with Crippen LogP contribution in [0.15, 0.2) is 60.9 Å². The number of benzene rings is 2. The first-order valence-corrected chi connectivity index (χ1v) is 14.4. The van der Waals surface area contributed by atoms with Gasteiger partial charge >= 0.3 is 0 Å². The maximum Gasteiger partial charge on any atom is 0.255 e. The SMILES string of the molecule is CCCN1CCN(Cc2ccc(C(=O)Nc3cnn4ccc(N5CCCC5c5cc(F)ccc5F)nc34)cc2)CC1. The Morgan fingerprint density at radius 2 is 1.78 bits per heavy atom. The molecule has 1 atom stereocenters. The second kappa shape index (κ2) is 11.9. The molecule has 0 saturated carbocycles. The number of nitrogens with zero attached hydrogens (tertiary/aromatic N) is 6. The number of hydrogen-bond donors (Lipinski definition) is 1. The normalized spacial score (nSPS) is 18.3. The lowest BCUT2D eigenvalue weighted by Crippen LogP contribution is -2.45. The van der Waals surface area contributed by atoms with Crippen LogP contribution in [0.4, 0.5) is 20.3 Å². The minimum absolute atomic E-state index is 0.243. The first kappa shape index (κ1) is 27.3. The fourth-order valence-electron chi connectivity index (χ4n) is 5.94. The van der Waals surface area contributed by atoms with Crippen LogP contribution >= 0.6 is 0 Å². The molecule has 2 aromatic carbocycles. The molecule has 1 N–H and O–H groups in total. The standard InChI is InChI=1S/C31H35F2N7O/c1-2-12-37-15-17-38(18-16-37)21-22-5-7-23(8-6-22)31(41)35-27-20-34-40-14-11-29(36-30(27)40)39-13-3-4-28(39)25-19-24(32)9-10-26(25)33/h5-11,14,19-20,28H,2-4,12-13,15-18,21H2,1H3,(H,35,41). The molecule has 8 nitrogen and oxygen atoms in total. The maximum absolute atomic E-state index is 14.6. The van der Waals surface area contributed by atoms with E-state index in [0.717, 1.165) is 51.8 Å². The van der Waals surface area contributed by atoms with Gasteiger partial charge in [-0.05, 0) is 67.8 Å². The van der Waals surface area contributed by atoms with Crippen molar-refractivity contribution in [2.24, 2.45) is 0 Å². The van der Waals surface area contributed by atoms with E-state index in [1.54, 1.807) is 16.9 Å². The summed E-state index contributed by atoms with van der Waals surface area (Å²) in [5.41, 5.74) is 3.04. The van der Waals surface area contributed by atoms with Crippen LogP contribution in [0.2, 0.25) is 0 Å². The molecule has 0 radical (unpaired) electrons. The number of piperazine rings is 1. The number of amides is 1. The van der Waals surface area contributed by atoms with Gasteiger partial charge in [-0.15, -0.1) is 0 Å². The first-order valence-electron chi connectivity index (χ1n) is 14.4. The lowest BCUT2D eigenvalue weighted by Gasteiger charge is -2.34. The Labute approximate surface area is 238 Å². The minimum atomic E-state index is -0.462. The predicted molar refractivity (Wildman–Crippen MR) is 155 cm³/mol. The van der Waals surface area contributed by atoms with Crippen molar-refractivity contribution in [2.45, 2.75) is 38.8 Å². The number of carbonyl (C=O) groups is 1. The molecule has 2 saturated heterocycles. The van der Waals surface area contributed by atoms with Crippen LogP contribution in [0, 0.1) is 11.6 Å². The van der Waals surface area contributed by atoms with E-state index in [0.29, 0.717) is 41.2 Å². The van der Waals surface area contributed by atoms with Crippen molar-refractivity contribution in [1.29, 1.82) is 0 Å². The first-order chi connectivity index (χ1) is 20.0. The van der Waals surface area contributed by atoms with E-state index in [-0.39, 0.29) is 11.9 Å². The van der Waals surface area contributed by atoms with Crippen LogP contribution < -0.4 is 10.2 Å². The molecule has 0 aliphatic carbocycles. The number of carbonyl (C=O) groups excluding carboxylic acids is 1. The Hall–Kier alpha value is -3.89. The van der Waals surface area contributed by atoms with Gasteiger partial charge in [0.2, 0.25) is 0 Å². The van der Waals surface area contributed by atoms with E-state index in [2.05, 4.69) is 27.1 Å². The van der Waals surface area contributed by atoms with Crippen molar-refractivity contribution in [1.82, 2.24) is 24.4 Å². The van der Waals surface area contributed by atoms with Gasteiger partial charge in [0.15, 0.2) is 5.65 Å². The highest BCUT2D eigenvalue weighted by Gasteiger charge is 2.30. The van der Waals surface area contributed by atoms with Crippen molar-refractivity contribution < 1.29 is 13.6 Å². The number of fused-ring (bicyclic) bond motifs is 1. The van der Waals surface area contributed by atoms with Crippen molar-refractivity contribution in [3.63, 3.8) is 0 Å². The Balaban J connectivity index is 1.14. The van der Waals surface area contributed by atoms with Gasteiger partial charge in [-0.2, -0.15) is 5.10 Å². The van der Waals surface area contributed by atoms with Gasteiger partial charge in [0, 0.05) is 56.6 Å². The number of nitrogens with one attached hydrogen (secondary N) is 1. The lowest BCUT2D eigenvalue weighted by atomic mass is 10.0. The highest BCUT2D eigenvalue weighted by molar-refractivity contribution is 6.06. The van der Waals surface area contributed by atoms with Gasteiger partial charge in [0.1, 0.15) is 23.1 Å². The summed E-state index contributed by atoms with van der Waals surface area (Å²) < 4.78 is 30.1. The summed E-state index contributed by atoms with van der Waals surface area (Å²) in [5, 5.41) is 7.28. The van der Waals surface area contributed by atoms with Crippen molar-refractivity contribution in [3.8, 4) is 0 Å². The molecule has 2 aliphatic rings. The average molecular weight is 560 g/mol. The van der Waals surface area contributed by atoms with Crippen molar-refractivity contribution in [2.75, 3.05) is 49.5 Å². The summed E-state index contributed by atoms with van der Waals surface area (Å²) in [6, 6.07) is 12.8. The summed E-state index contributed by atoms with van der Waals surface area (Å²) in [6.07, 6.45) is 6.06. The average Bonchev–Trinajstić information content (AvgIpc) is 3.63. The van der Waals surface area contributed by atoms with E-state index in [9.17, 15) is 13.6 Å². The third-order valence-corrected chi connectivity index (χ3v) is 8.09. The predicted octanol–water partition coefficient (Wildman–Crippen LogP) is 5.13. The molecule has 0 bridgehead atoms. The molecule has 0 spiro atoms. The number of hydrogen-bond acceptors (Lipinski definition) is 6. The molecule has 2 fully saturated rings. The van der Waals surface area contributed by atoms with Crippen LogP contribution in [0.5, 0.6) is 0 Å². The molecular weight excluding hydrogens is 524 g/mol. The molecule has 2 aromatic heterocycles. The number of aromatic nitrogens is 3. The number of anilines is 2. The van der Waals surface area contributed by atoms with Gasteiger partial charge in [-0.1, -0.05) is 19.1 Å². The highest BCUT2D eigenvalue weighted by atomic mass is 19.1. The van der Waals surface area contributed by atoms with Crippen LogP contribution in [0.1, 0.15) is 53.7 Å². The summed E-state index contributed by atoms with van der Waals surface area (Å²) in [7, 11) is 0. The molecule has 1 amide bonds. The van der Waals surface area contributed by atoms with Crippen LogP contribution in [-0.2, 0) is 6.54 Å². The second-order valence-corrected chi connectivity index (χ2v) is 10.9. The third-order valence-electron chi connectivity index (χ3n) is 8.09. The molecule has 214 valence electrons. The zero-order chi connectivity index (χ0) is 28.3. The summed E-state index contributed by atoms with van der Waals surface area (Å²) in [5.74, 6) is -0.509. The van der Waals surface area contributed by atoms with E-state index >= 15 is 0 Å². The van der Waals surface area contributed by atoms with Gasteiger partial charge in [0.05, 0.1) is 12.2 Å². The maximum atomic E-state index is 14.6. The summed E-state index contributed by atoms with van der Waals surface area (Å²) >= 11 is 0. The Kier molecular flexibility index (Phi) is 7.93. The lowest BCUT2D eigenvalue weighted by molar-refractivity contribution is 0.102. The molecule has 4 aromatic rings. The Morgan fingerprint density at radius 1 is 1.00 bits per heavy atom. The van der Waals surface area contributed by atoms with E-state index in [1.165, 1.54) is 24.1 Å². The topological polar surface area (TPSA) is 69.0 Å². The molecule has 1 unspecified atom stereocenters. The highest BCUT2D eigenvalue weighted by Crippen LogP contribution is 2.37. The van der Waals surface area contributed by atoms with Crippen molar-refractivity contribution >= 4 is 23.1 Å². The van der Waals surface area contributed by atoms with Gasteiger partial charge < -0.3 is 15.1 Å². The molecule has 41 heavy (non-hydrogen) atoms. The number of halogens is 2. The molecule has 4 heterocycles. The quantitative estimate of drug-likeness (QED) is 0.323. The number of rotatable bonds is 8. The molecule has 2 aliphatic heterocycles. The van der Waals surface area contributed by atoms with Crippen molar-refractivity contribution in [3.05, 3.63) is 89.2 Å². The summed E-state index contributed by atoms with van der Waals surface area (Å²) in [4.78, 5) is 24.8. The van der Waals surface area contributed by atoms with E-state index < -0.39 is 11.6 Å². The fourth-order valence-corrected chi connectivity index (χ4v) is 5.94. The zero-order valence-electron chi connectivity index (χ0n) is 23.3. The Bertz CT molecular complexity index is 1510. The molecule has 10 heteroatoms. The molecule has 6 rings (SSSR count).